The minimum Gasteiger partial charge on any atom is -0.461 e. The molecule has 0 atom stereocenters. The summed E-state index contributed by atoms with van der Waals surface area (Å²) in [6.07, 6.45) is 0. The monoisotopic (exact) mass is 508 g/mol. The van der Waals surface area contributed by atoms with E-state index < -0.39 is 11.9 Å². The van der Waals surface area contributed by atoms with Crippen LogP contribution in [0.4, 0.5) is 0 Å². The second-order valence-corrected chi connectivity index (χ2v) is 8.24. The van der Waals surface area contributed by atoms with Crippen molar-refractivity contribution < 1.29 is 27.9 Å². The summed E-state index contributed by atoms with van der Waals surface area (Å²) in [4.78, 5) is 30.0. The maximum absolute atomic E-state index is 12.8. The van der Waals surface area contributed by atoms with E-state index in [-0.39, 0.29) is 12.4 Å². The van der Waals surface area contributed by atoms with Gasteiger partial charge in [-0.25, -0.2) is 9.59 Å². The molecule has 9 heteroatoms. The fourth-order valence-corrected chi connectivity index (χ4v) is 4.20. The lowest BCUT2D eigenvalue weighted by atomic mass is 10.1. The topological polar surface area (TPSA) is 85.4 Å². The Morgan fingerprint density at radius 3 is 1.37 bits per heavy atom. The number of aryl methyl sites for hydroxylation is 2. The summed E-state index contributed by atoms with van der Waals surface area (Å²) in [5, 5.41) is 1.21. The maximum atomic E-state index is 12.8. The van der Waals surface area contributed by atoms with Crippen LogP contribution in [0.15, 0.2) is 21.0 Å². The van der Waals surface area contributed by atoms with Gasteiger partial charge in [0.15, 0.2) is 0 Å². The second-order valence-electron chi connectivity index (χ2n) is 8.24. The molecule has 2 aromatic heterocycles. The Morgan fingerprint density at radius 2 is 1.06 bits per heavy atom. The molecule has 3 aromatic rings. The van der Waals surface area contributed by atoms with Crippen molar-refractivity contribution in [2.24, 2.45) is 0 Å². The van der Waals surface area contributed by atoms with Gasteiger partial charge in [-0.3, -0.25) is 0 Å². The molecule has 0 saturated heterocycles. The van der Waals surface area contributed by atoms with Crippen LogP contribution in [-0.4, -0.2) is 74.2 Å². The quantitative estimate of drug-likeness (QED) is 0.308. The summed E-state index contributed by atoms with van der Waals surface area (Å²) < 4.78 is 22.8. The van der Waals surface area contributed by atoms with Crippen molar-refractivity contribution >= 4 is 46.3 Å². The van der Waals surface area contributed by atoms with Crippen LogP contribution in [0.1, 0.15) is 59.9 Å². The third-order valence-electron chi connectivity index (χ3n) is 6.33. The average Bonchev–Trinajstić information content (AvgIpc) is 3.31. The SMILES string of the molecule is CCN(CC)CCOC(=O)c1c(C)oc2cc3c(C(=O)OCCN(CC)CC)c(C)oc3cc12.Cl. The van der Waals surface area contributed by atoms with Crippen molar-refractivity contribution in [1.29, 1.82) is 0 Å². The molecule has 0 amide bonds. The Labute approximate surface area is 212 Å². The number of benzene rings is 1. The van der Waals surface area contributed by atoms with Gasteiger partial charge in [-0.15, -0.1) is 12.4 Å². The molecular weight excluding hydrogens is 472 g/mol. The molecule has 0 N–H and O–H groups in total. The molecule has 3 rings (SSSR count). The molecule has 0 aliphatic rings. The van der Waals surface area contributed by atoms with Gasteiger partial charge in [-0.1, -0.05) is 27.7 Å². The van der Waals surface area contributed by atoms with Gasteiger partial charge in [0.25, 0.3) is 0 Å². The van der Waals surface area contributed by atoms with Crippen molar-refractivity contribution in [3.63, 3.8) is 0 Å². The molecule has 0 saturated carbocycles. The molecule has 194 valence electrons. The van der Waals surface area contributed by atoms with E-state index in [1.807, 2.05) is 0 Å². The number of esters is 2. The molecule has 2 heterocycles. The molecule has 8 nitrogen and oxygen atoms in total. The Hall–Kier alpha value is -2.55. The van der Waals surface area contributed by atoms with E-state index in [9.17, 15) is 9.59 Å². The van der Waals surface area contributed by atoms with Crippen molar-refractivity contribution in [2.75, 3.05) is 52.5 Å². The fraction of sp³-hybridized carbons (Fsp3) is 0.538. The van der Waals surface area contributed by atoms with Crippen LogP contribution in [0.5, 0.6) is 0 Å². The van der Waals surface area contributed by atoms with E-state index >= 15 is 0 Å². The molecule has 0 aliphatic heterocycles. The summed E-state index contributed by atoms with van der Waals surface area (Å²) >= 11 is 0. The van der Waals surface area contributed by atoms with Gasteiger partial charge in [0.2, 0.25) is 0 Å². The Bertz CT molecular complexity index is 1050. The summed E-state index contributed by atoms with van der Waals surface area (Å²) in [5.41, 5.74) is 1.76. The molecule has 0 unspecified atom stereocenters. The molecule has 0 fully saturated rings. The summed E-state index contributed by atoms with van der Waals surface area (Å²) in [6, 6.07) is 3.48. The lowest BCUT2D eigenvalue weighted by Crippen LogP contribution is -2.28. The number of hydrogen-bond acceptors (Lipinski definition) is 8. The molecule has 0 radical (unpaired) electrons. The van der Waals surface area contributed by atoms with Gasteiger partial charge in [0, 0.05) is 23.9 Å². The van der Waals surface area contributed by atoms with Crippen LogP contribution in [0, 0.1) is 13.8 Å². The summed E-state index contributed by atoms with van der Waals surface area (Å²) in [7, 11) is 0. The highest BCUT2D eigenvalue weighted by Crippen LogP contribution is 2.34. The van der Waals surface area contributed by atoms with Gasteiger partial charge in [0.05, 0.1) is 0 Å². The number of furan rings is 2. The number of rotatable bonds is 12. The van der Waals surface area contributed by atoms with Crippen molar-refractivity contribution in [1.82, 2.24) is 9.80 Å². The largest absolute Gasteiger partial charge is 0.461 e. The average molecular weight is 509 g/mol. The standard InChI is InChI=1S/C26H36N2O6.ClH/c1-7-27(8-2)11-13-31-25(29)23-17(5)33-21-16-20-22(15-19(21)23)34-18(6)24(20)26(30)32-14-12-28(9-3)10-4;/h15-16H,7-14H2,1-6H3;1H. The van der Waals surface area contributed by atoms with Crippen LogP contribution in [0.25, 0.3) is 21.9 Å². The minimum atomic E-state index is -0.429. The first kappa shape index (κ1) is 28.7. The number of ether oxygens (including phenoxy) is 2. The van der Waals surface area contributed by atoms with E-state index in [4.69, 9.17) is 18.3 Å². The van der Waals surface area contributed by atoms with Gasteiger partial charge < -0.3 is 28.1 Å². The number of halogens is 1. The van der Waals surface area contributed by atoms with Crippen LogP contribution in [-0.2, 0) is 9.47 Å². The highest BCUT2D eigenvalue weighted by molar-refractivity contribution is 6.12. The first-order valence-electron chi connectivity index (χ1n) is 12.1. The summed E-state index contributed by atoms with van der Waals surface area (Å²) in [6.45, 7) is 17.3. The lowest BCUT2D eigenvalue weighted by Gasteiger charge is -2.17. The van der Waals surface area contributed by atoms with E-state index in [1.165, 1.54) is 0 Å². The number of carbonyl (C=O) groups is 2. The maximum Gasteiger partial charge on any atom is 0.342 e. The Balaban J connectivity index is 0.00000432. The van der Waals surface area contributed by atoms with E-state index in [2.05, 4.69) is 37.5 Å². The summed E-state index contributed by atoms with van der Waals surface area (Å²) in [5.74, 6) is 0.0790. The van der Waals surface area contributed by atoms with Crippen molar-refractivity contribution in [3.8, 4) is 0 Å². The van der Waals surface area contributed by atoms with Gasteiger partial charge >= 0.3 is 11.9 Å². The zero-order valence-corrected chi connectivity index (χ0v) is 22.4. The zero-order valence-electron chi connectivity index (χ0n) is 21.6. The molecule has 0 aliphatic carbocycles. The smallest absolute Gasteiger partial charge is 0.342 e. The normalized spacial score (nSPS) is 11.4. The number of fused-ring (bicyclic) bond motifs is 2. The van der Waals surface area contributed by atoms with Crippen LogP contribution in [0.2, 0.25) is 0 Å². The van der Waals surface area contributed by atoms with Gasteiger partial charge in [-0.2, -0.15) is 0 Å². The lowest BCUT2D eigenvalue weighted by molar-refractivity contribution is 0.0457. The predicted octanol–water partition coefficient (Wildman–Crippen LogP) is 5.21. The van der Waals surface area contributed by atoms with Crippen molar-refractivity contribution in [3.05, 3.63) is 34.8 Å². The number of carbonyl (C=O) groups excluding carboxylic acids is 2. The highest BCUT2D eigenvalue weighted by Gasteiger charge is 2.25. The fourth-order valence-electron chi connectivity index (χ4n) is 4.20. The van der Waals surface area contributed by atoms with Crippen LogP contribution < -0.4 is 0 Å². The van der Waals surface area contributed by atoms with E-state index in [0.29, 0.717) is 70.9 Å². The second kappa shape index (κ2) is 13.0. The highest BCUT2D eigenvalue weighted by atomic mass is 35.5. The predicted molar refractivity (Wildman–Crippen MR) is 139 cm³/mol. The number of likely N-dealkylation sites (N-methyl/N-ethyl adjacent to an activating group) is 2. The third-order valence-corrected chi connectivity index (χ3v) is 6.33. The first-order valence-corrected chi connectivity index (χ1v) is 12.1. The Morgan fingerprint density at radius 1 is 0.714 bits per heavy atom. The molecule has 1 aromatic carbocycles. The van der Waals surface area contributed by atoms with Crippen LogP contribution >= 0.6 is 12.4 Å². The van der Waals surface area contributed by atoms with Gasteiger partial charge in [0.1, 0.15) is 47.0 Å². The minimum absolute atomic E-state index is 0. The van der Waals surface area contributed by atoms with Crippen molar-refractivity contribution in [2.45, 2.75) is 41.5 Å². The van der Waals surface area contributed by atoms with E-state index in [0.717, 1.165) is 26.2 Å². The number of hydrogen-bond donors (Lipinski definition) is 0. The van der Waals surface area contributed by atoms with Crippen LogP contribution in [0.3, 0.4) is 0 Å². The molecule has 0 spiro atoms. The van der Waals surface area contributed by atoms with Gasteiger partial charge in [-0.05, 0) is 52.2 Å². The van der Waals surface area contributed by atoms with E-state index in [1.54, 1.807) is 26.0 Å². The molecule has 0 bridgehead atoms. The first-order chi connectivity index (χ1) is 16.3. The zero-order chi connectivity index (χ0) is 24.8. The molecule has 35 heavy (non-hydrogen) atoms. The number of nitrogens with zero attached hydrogens (tertiary/aromatic N) is 2. The molecular formula is C26H37ClN2O6. The Kier molecular flexibility index (Phi) is 10.6. The third kappa shape index (κ3) is 6.37.